The first-order chi connectivity index (χ1) is 17.2. The molecule has 45 heavy (non-hydrogen) atoms. The zero-order valence-corrected chi connectivity index (χ0v) is 25.5. The third-order valence-corrected chi connectivity index (χ3v) is 6.87. The first kappa shape index (κ1) is 56.5. The van der Waals surface area contributed by atoms with Gasteiger partial charge in [-0.05, 0) is 12.1 Å². The van der Waals surface area contributed by atoms with E-state index in [0.29, 0.717) is 0 Å². The molecule has 0 fully saturated rings. The number of hydrogen-bond acceptors (Lipinski definition) is 8. The van der Waals surface area contributed by atoms with Gasteiger partial charge in [0.05, 0.1) is 9.79 Å². The normalized spacial score (nSPS) is 12.0. The molecule has 0 saturated heterocycles. The van der Waals surface area contributed by atoms with E-state index in [1.54, 1.807) is 48.8 Å². The molecule has 6 rings (SSSR count). The van der Waals surface area contributed by atoms with Crippen LogP contribution in [-0.4, -0.2) is 71.5 Å². The minimum atomic E-state index is -3.68. The average molecular weight is 728 g/mol. The summed E-state index contributed by atoms with van der Waals surface area (Å²) in [4.78, 5) is 7.34. The molecule has 257 valence electrons. The first-order valence-corrected chi connectivity index (χ1v) is 12.9. The zero-order chi connectivity index (χ0) is 26.0. The molecule has 18 N–H and O–H groups in total. The largest absolute Gasteiger partial charge is 1.00 e. The van der Waals surface area contributed by atoms with Crippen molar-refractivity contribution in [1.29, 1.82) is 0 Å². The van der Waals surface area contributed by atoms with Crippen LogP contribution < -0.4 is 10.2 Å². The number of fused-ring (bicyclic) bond motifs is 2. The van der Waals surface area contributed by atoms with Crippen molar-refractivity contribution in [2.24, 2.45) is 8.80 Å². The van der Waals surface area contributed by atoms with Crippen LogP contribution in [0.25, 0.3) is 0 Å². The number of benzene rings is 2. The predicted molar refractivity (Wildman–Crippen MR) is 160 cm³/mol. The zero-order valence-electron chi connectivity index (χ0n) is 24.8. The van der Waals surface area contributed by atoms with Gasteiger partial charge in [0.1, 0.15) is 0 Å². The molecular formula is C24H36CoN4O14S2. The van der Waals surface area contributed by atoms with Crippen LogP contribution in [0.4, 0.5) is 0 Å². The van der Waals surface area contributed by atoms with Gasteiger partial charge < -0.3 is 64.0 Å². The molecule has 0 bridgehead atoms. The van der Waals surface area contributed by atoms with Gasteiger partial charge >= 0.3 is 2.85 Å². The second-order valence-electron chi connectivity index (χ2n) is 6.65. The van der Waals surface area contributed by atoms with Crippen LogP contribution in [0.15, 0.2) is 116 Å². The maximum atomic E-state index is 11.1. The van der Waals surface area contributed by atoms with E-state index >= 15 is 0 Å². The van der Waals surface area contributed by atoms with Gasteiger partial charge in [0.25, 0.3) is 20.0 Å². The van der Waals surface area contributed by atoms with E-state index < -0.39 is 31.8 Å². The monoisotopic (exact) mass is 727 g/mol. The number of nitrogens with zero attached hydrogens (tertiary/aromatic N) is 4. The number of hydrogen-bond donors (Lipinski definition) is 0. The van der Waals surface area contributed by atoms with Crippen LogP contribution in [0, 0.1) is 12.4 Å². The summed E-state index contributed by atoms with van der Waals surface area (Å²) >= 11 is 0. The van der Waals surface area contributed by atoms with Crippen LogP contribution >= 0.6 is 0 Å². The molecule has 0 spiro atoms. The van der Waals surface area contributed by atoms with E-state index in [2.05, 4.69) is 31.2 Å². The number of aromatic nitrogens is 2. The van der Waals surface area contributed by atoms with Gasteiger partial charge in [0.15, 0.2) is 0 Å². The smallest absolute Gasteiger partial charge is 0.858 e. The Balaban J connectivity index is -0.0000000562. The van der Waals surface area contributed by atoms with Crippen LogP contribution in [0.1, 0.15) is 14.0 Å². The van der Waals surface area contributed by atoms with E-state index in [4.69, 9.17) is 0 Å². The Kier molecular flexibility index (Phi) is 32.9. The summed E-state index contributed by atoms with van der Waals surface area (Å²) in [5.41, 5.74) is 0.329. The maximum absolute atomic E-state index is 11.1. The molecule has 2 aliphatic rings. The first-order valence-electron chi connectivity index (χ1n) is 9.99. The third-order valence-electron chi connectivity index (χ3n) is 4.23. The fraction of sp³-hybridized carbons (Fsp3) is 0. The molecule has 0 aliphatic carbocycles. The molecule has 0 amide bonds. The van der Waals surface area contributed by atoms with Crippen molar-refractivity contribution in [1.82, 2.24) is 9.97 Å². The van der Waals surface area contributed by atoms with Gasteiger partial charge in [-0.1, -0.05) is 61.2 Å². The Morgan fingerprint density at radius 1 is 0.533 bits per heavy atom. The van der Waals surface area contributed by atoms with Gasteiger partial charge in [-0.25, -0.2) is 0 Å². The Morgan fingerprint density at radius 3 is 1.04 bits per heavy atom. The van der Waals surface area contributed by atoms with Crippen molar-refractivity contribution < 1.29 is 90.5 Å². The van der Waals surface area contributed by atoms with Crippen LogP contribution in [-0.2, 0) is 47.8 Å². The van der Waals surface area contributed by atoms with Crippen molar-refractivity contribution in [3.05, 3.63) is 121 Å². The SMILES string of the molecule is O.O.O.O.O.O.O=S1(=O)N=C([O-])c2ccccc21.O=S1(=O)N=C([O-])c2ccccc21.[Co].[H+].[H+].[OH3+].[OH3+].[c-]1ccccn1.[c-]1ccccn1. The van der Waals surface area contributed by atoms with Gasteiger partial charge in [0.2, 0.25) is 0 Å². The third kappa shape index (κ3) is 15.9. The van der Waals surface area contributed by atoms with Crippen LogP contribution in [0.3, 0.4) is 0 Å². The number of sulfonamides is 2. The van der Waals surface area contributed by atoms with Gasteiger partial charge in [0, 0.05) is 39.7 Å². The van der Waals surface area contributed by atoms with E-state index in [1.807, 2.05) is 24.3 Å². The van der Waals surface area contributed by atoms with Gasteiger partial charge in [-0.3, -0.25) is 0 Å². The summed E-state index contributed by atoms with van der Waals surface area (Å²) in [6.07, 6.45) is 8.67. The second kappa shape index (κ2) is 26.2. The molecule has 2 aromatic carbocycles. The average Bonchev–Trinajstić information content (AvgIpc) is 3.29. The second-order valence-corrected chi connectivity index (χ2v) is 9.80. The molecule has 2 aromatic heterocycles. The van der Waals surface area contributed by atoms with Crippen molar-refractivity contribution in [3.8, 4) is 0 Å². The standard InChI is InChI=1S/2C7H5NO3S.2C5H4N.Co.8H2O/c2*9-7-5-3-1-2-4-6(5)12(10,11)8-7;2*1-2-4-6-5-3-1;;;;;;;;;/h2*1-4H,(H,8,9);2*1-4H;;8*1H2/q;;2*-1;;;;;;;;;/p+2. The summed E-state index contributed by atoms with van der Waals surface area (Å²) < 4.78 is 50.3. The van der Waals surface area contributed by atoms with Gasteiger partial charge in [-0.2, -0.15) is 62.0 Å². The molecule has 2 aliphatic heterocycles. The molecular weight excluding hydrogens is 691 g/mol. The minimum Gasteiger partial charge on any atom is -0.858 e. The Morgan fingerprint density at radius 2 is 0.844 bits per heavy atom. The summed E-state index contributed by atoms with van der Waals surface area (Å²) in [5, 5.41) is 21.9. The van der Waals surface area contributed by atoms with Crippen LogP contribution in [0.5, 0.6) is 0 Å². The van der Waals surface area contributed by atoms with E-state index in [9.17, 15) is 27.0 Å². The summed E-state index contributed by atoms with van der Waals surface area (Å²) in [6, 6.07) is 23.0. The topological polar surface area (TPSA) is 420 Å². The quantitative estimate of drug-likeness (QED) is 0.124. The van der Waals surface area contributed by atoms with Crippen molar-refractivity contribution in [2.75, 3.05) is 0 Å². The fourth-order valence-corrected chi connectivity index (χ4v) is 4.90. The molecule has 18 nitrogen and oxygen atoms in total. The molecule has 0 saturated carbocycles. The Labute approximate surface area is 271 Å². The van der Waals surface area contributed by atoms with Crippen molar-refractivity contribution >= 4 is 31.8 Å². The molecule has 0 atom stereocenters. The summed E-state index contributed by atoms with van der Waals surface area (Å²) in [5.74, 6) is -1.35. The summed E-state index contributed by atoms with van der Waals surface area (Å²) in [6.45, 7) is 0. The molecule has 4 aromatic rings. The number of pyridine rings is 2. The Bertz CT molecular complexity index is 1440. The van der Waals surface area contributed by atoms with E-state index in [-0.39, 0.29) is 84.4 Å². The van der Waals surface area contributed by atoms with Gasteiger partial charge in [-0.15, -0.1) is 0 Å². The van der Waals surface area contributed by atoms with E-state index in [0.717, 1.165) is 0 Å². The van der Waals surface area contributed by atoms with Crippen LogP contribution in [0.2, 0.25) is 0 Å². The fourth-order valence-electron chi connectivity index (χ4n) is 2.71. The number of rotatable bonds is 0. The predicted octanol–water partition coefficient (Wildman–Crippen LogP) is -5.81. The molecule has 21 heteroatoms. The molecule has 1 radical (unpaired) electrons. The van der Waals surface area contributed by atoms with Crippen molar-refractivity contribution in [2.45, 2.75) is 9.79 Å². The minimum absolute atomic E-state index is 0. The summed E-state index contributed by atoms with van der Waals surface area (Å²) in [7, 11) is -7.36. The van der Waals surface area contributed by atoms with E-state index in [1.165, 1.54) is 24.3 Å². The van der Waals surface area contributed by atoms with Crippen molar-refractivity contribution in [3.63, 3.8) is 0 Å². The maximum Gasteiger partial charge on any atom is 1.00 e. The Hall–Kier alpha value is -4.23. The molecule has 0 unspecified atom stereocenters. The molecule has 4 heterocycles.